The number of aromatic nitrogens is 4. The summed E-state index contributed by atoms with van der Waals surface area (Å²) in [5.74, 6) is 1.14. The van der Waals surface area contributed by atoms with Gasteiger partial charge in [0.1, 0.15) is 5.75 Å². The number of carbonyl (C=O) groups excluding carboxylic acids is 1. The van der Waals surface area contributed by atoms with Gasteiger partial charge in [0.15, 0.2) is 11.5 Å². The van der Waals surface area contributed by atoms with E-state index >= 15 is 0 Å². The molecule has 2 aromatic heterocycles. The molecule has 0 saturated heterocycles. The van der Waals surface area contributed by atoms with Crippen molar-refractivity contribution in [1.29, 1.82) is 0 Å². The van der Waals surface area contributed by atoms with Crippen LogP contribution in [0.1, 0.15) is 34.6 Å². The third-order valence-electron chi connectivity index (χ3n) is 4.91. The number of hydrogen-bond donors (Lipinski definition) is 1. The zero-order valence-electron chi connectivity index (χ0n) is 16.9. The van der Waals surface area contributed by atoms with Gasteiger partial charge in [-0.15, -0.1) is 5.10 Å². The van der Waals surface area contributed by atoms with Crippen LogP contribution in [0, 0.1) is 0 Å². The molecule has 1 amide bonds. The number of ether oxygens (including phenoxy) is 1. The average Bonchev–Trinajstić information content (AvgIpc) is 3.44. The van der Waals surface area contributed by atoms with Crippen LogP contribution in [0.15, 0.2) is 79.1 Å². The van der Waals surface area contributed by atoms with Gasteiger partial charge < -0.3 is 14.6 Å². The lowest BCUT2D eigenvalue weighted by atomic mass is 10.1. The minimum Gasteiger partial charge on any atom is -0.497 e. The maximum Gasteiger partial charge on any atom is 0.276 e. The molecule has 0 fully saturated rings. The van der Waals surface area contributed by atoms with Gasteiger partial charge in [-0.1, -0.05) is 47.7 Å². The summed E-state index contributed by atoms with van der Waals surface area (Å²) in [5, 5.41) is 11.5. The van der Waals surface area contributed by atoms with E-state index in [1.165, 1.54) is 0 Å². The smallest absolute Gasteiger partial charge is 0.276 e. The van der Waals surface area contributed by atoms with Crippen LogP contribution >= 0.6 is 0 Å². The summed E-state index contributed by atoms with van der Waals surface area (Å²) in [6.07, 6.45) is 3.75. The van der Waals surface area contributed by atoms with E-state index in [4.69, 9.17) is 4.74 Å². The third kappa shape index (κ3) is 4.10. The Balaban J connectivity index is 1.62. The Bertz CT molecular complexity index is 1100. The molecular formula is C23H23N5O2. The molecule has 2 aromatic carbocycles. The lowest BCUT2D eigenvalue weighted by Crippen LogP contribution is -2.28. The van der Waals surface area contributed by atoms with Crippen molar-refractivity contribution in [3.8, 4) is 11.6 Å². The van der Waals surface area contributed by atoms with Gasteiger partial charge in [0.05, 0.1) is 19.7 Å². The zero-order valence-corrected chi connectivity index (χ0v) is 16.9. The molecular weight excluding hydrogens is 378 g/mol. The van der Waals surface area contributed by atoms with Crippen LogP contribution in [0.25, 0.3) is 5.82 Å². The Kier molecular flexibility index (Phi) is 5.61. The number of nitrogens with zero attached hydrogens (tertiary/aromatic N) is 4. The van der Waals surface area contributed by atoms with Gasteiger partial charge in [0, 0.05) is 12.4 Å². The highest BCUT2D eigenvalue weighted by molar-refractivity contribution is 5.95. The van der Waals surface area contributed by atoms with Gasteiger partial charge in [-0.25, -0.2) is 4.68 Å². The van der Waals surface area contributed by atoms with Gasteiger partial charge in [-0.05, 0) is 42.3 Å². The molecule has 7 heteroatoms. The van der Waals surface area contributed by atoms with Crippen LogP contribution in [0.4, 0.5) is 0 Å². The summed E-state index contributed by atoms with van der Waals surface area (Å²) in [6, 6.07) is 21.2. The van der Waals surface area contributed by atoms with Crippen LogP contribution in [0.3, 0.4) is 0 Å². The molecule has 0 aliphatic carbocycles. The van der Waals surface area contributed by atoms with E-state index in [0.717, 1.165) is 16.9 Å². The second-order valence-corrected chi connectivity index (χ2v) is 6.96. The van der Waals surface area contributed by atoms with E-state index in [1.807, 2.05) is 90.6 Å². The van der Waals surface area contributed by atoms with Crippen molar-refractivity contribution in [2.75, 3.05) is 7.11 Å². The SMILES string of the molecule is COc1ccc(Cn2nnc(C(=O)N[C@@H](C)c3ccccc3)c2-n2cccc2)cc1. The summed E-state index contributed by atoms with van der Waals surface area (Å²) in [7, 11) is 1.64. The first-order valence-electron chi connectivity index (χ1n) is 9.71. The van der Waals surface area contributed by atoms with Gasteiger partial charge in [0.25, 0.3) is 5.91 Å². The molecule has 7 nitrogen and oxygen atoms in total. The highest BCUT2D eigenvalue weighted by atomic mass is 16.5. The van der Waals surface area contributed by atoms with E-state index in [-0.39, 0.29) is 17.6 Å². The first kappa shape index (κ1) is 19.4. The Morgan fingerprint density at radius 3 is 2.40 bits per heavy atom. The van der Waals surface area contributed by atoms with Crippen LogP contribution < -0.4 is 10.1 Å². The first-order valence-corrected chi connectivity index (χ1v) is 9.71. The van der Waals surface area contributed by atoms with Crippen LogP contribution in [0.5, 0.6) is 5.75 Å². The molecule has 0 aliphatic heterocycles. The number of nitrogens with one attached hydrogen (secondary N) is 1. The maximum absolute atomic E-state index is 13.0. The molecule has 2 heterocycles. The zero-order chi connectivity index (χ0) is 20.9. The Labute approximate surface area is 174 Å². The highest BCUT2D eigenvalue weighted by Crippen LogP contribution is 2.18. The molecule has 0 aliphatic rings. The number of amides is 1. The molecule has 4 rings (SSSR count). The van der Waals surface area contributed by atoms with E-state index in [1.54, 1.807) is 11.8 Å². The third-order valence-corrected chi connectivity index (χ3v) is 4.91. The van der Waals surface area contributed by atoms with E-state index in [9.17, 15) is 4.79 Å². The summed E-state index contributed by atoms with van der Waals surface area (Å²) in [5.41, 5.74) is 2.33. The van der Waals surface area contributed by atoms with Crippen LogP contribution in [0.2, 0.25) is 0 Å². The normalized spacial score (nSPS) is 11.8. The fraction of sp³-hybridized carbons (Fsp3) is 0.174. The van der Waals surface area contributed by atoms with Crippen molar-refractivity contribution in [2.24, 2.45) is 0 Å². The molecule has 0 spiro atoms. The summed E-state index contributed by atoms with van der Waals surface area (Å²) < 4.78 is 8.80. The van der Waals surface area contributed by atoms with Crippen molar-refractivity contribution < 1.29 is 9.53 Å². The van der Waals surface area contributed by atoms with Gasteiger partial charge >= 0.3 is 0 Å². The lowest BCUT2D eigenvalue weighted by Gasteiger charge is -2.14. The van der Waals surface area contributed by atoms with Crippen molar-refractivity contribution in [2.45, 2.75) is 19.5 Å². The van der Waals surface area contributed by atoms with E-state index < -0.39 is 0 Å². The van der Waals surface area contributed by atoms with Gasteiger partial charge in [-0.2, -0.15) is 0 Å². The number of methoxy groups -OCH3 is 1. The maximum atomic E-state index is 13.0. The summed E-state index contributed by atoms with van der Waals surface area (Å²) in [4.78, 5) is 13.0. The quantitative estimate of drug-likeness (QED) is 0.513. The molecule has 0 unspecified atom stereocenters. The lowest BCUT2D eigenvalue weighted by molar-refractivity contribution is 0.0934. The molecule has 30 heavy (non-hydrogen) atoms. The molecule has 0 radical (unpaired) electrons. The number of hydrogen-bond acceptors (Lipinski definition) is 4. The minimum atomic E-state index is -0.268. The largest absolute Gasteiger partial charge is 0.497 e. The first-order chi connectivity index (χ1) is 14.7. The van der Waals surface area contributed by atoms with E-state index in [2.05, 4.69) is 15.6 Å². The van der Waals surface area contributed by atoms with Gasteiger partial charge in [-0.3, -0.25) is 4.79 Å². The number of carbonyl (C=O) groups is 1. The number of rotatable bonds is 7. The monoisotopic (exact) mass is 401 g/mol. The molecule has 152 valence electrons. The fourth-order valence-electron chi connectivity index (χ4n) is 3.29. The second-order valence-electron chi connectivity index (χ2n) is 6.96. The molecule has 1 N–H and O–H groups in total. The Morgan fingerprint density at radius 1 is 1.03 bits per heavy atom. The molecule has 4 aromatic rings. The molecule has 0 saturated carbocycles. The van der Waals surface area contributed by atoms with Crippen LogP contribution in [-0.4, -0.2) is 32.6 Å². The topological polar surface area (TPSA) is 74.0 Å². The highest BCUT2D eigenvalue weighted by Gasteiger charge is 2.22. The molecule has 0 bridgehead atoms. The van der Waals surface area contributed by atoms with Crippen molar-refractivity contribution >= 4 is 5.91 Å². The van der Waals surface area contributed by atoms with Gasteiger partial charge in [0.2, 0.25) is 0 Å². The standard InChI is InChI=1S/C23H23N5O2/c1-17(19-8-4-3-5-9-19)24-22(29)21-23(27-14-6-7-15-27)28(26-25-21)16-18-10-12-20(30-2)13-11-18/h3-15,17H,16H2,1-2H3,(H,24,29)/t17-/m0/s1. The second kappa shape index (κ2) is 8.65. The Morgan fingerprint density at radius 2 is 1.73 bits per heavy atom. The van der Waals surface area contributed by atoms with Crippen molar-refractivity contribution in [3.63, 3.8) is 0 Å². The Hall–Kier alpha value is -3.87. The average molecular weight is 401 g/mol. The summed E-state index contributed by atoms with van der Waals surface area (Å²) in [6.45, 7) is 2.43. The fourth-order valence-corrected chi connectivity index (χ4v) is 3.29. The predicted molar refractivity (Wildman–Crippen MR) is 114 cm³/mol. The summed E-state index contributed by atoms with van der Waals surface area (Å²) >= 11 is 0. The predicted octanol–water partition coefficient (Wildman–Crippen LogP) is 3.62. The van der Waals surface area contributed by atoms with Crippen molar-refractivity contribution in [1.82, 2.24) is 24.9 Å². The van der Waals surface area contributed by atoms with E-state index in [0.29, 0.717) is 12.4 Å². The minimum absolute atomic E-state index is 0.150. The molecule has 1 atom stereocenters. The van der Waals surface area contributed by atoms with Crippen LogP contribution in [-0.2, 0) is 6.54 Å². The van der Waals surface area contributed by atoms with Crippen molar-refractivity contribution in [3.05, 3.63) is 95.9 Å². The number of benzene rings is 2.